The van der Waals surface area contributed by atoms with E-state index >= 15 is 0 Å². The Morgan fingerprint density at radius 3 is 2.88 bits per heavy atom. The van der Waals surface area contributed by atoms with Gasteiger partial charge in [-0.15, -0.1) is 11.3 Å². The summed E-state index contributed by atoms with van der Waals surface area (Å²) in [5.41, 5.74) is 1.33. The molecule has 0 unspecified atom stereocenters. The van der Waals surface area contributed by atoms with E-state index in [0.717, 1.165) is 12.0 Å². The highest BCUT2D eigenvalue weighted by Gasteiger charge is 2.22. The number of nitro benzene ring substituents is 1. The standard InChI is InChI=1S/C17H18N4O4S/c1-18-17(23)11-2-3-13(14(8-11)21(24)25)19-9-16(22)20-6-4-15-12(10-20)5-7-26-15/h2-3,5,7-8,19H,4,6,9-10H2,1H3,(H,18,23). The van der Waals surface area contributed by atoms with E-state index in [0.29, 0.717) is 13.1 Å². The van der Waals surface area contributed by atoms with Crippen molar-refractivity contribution < 1.29 is 14.5 Å². The highest BCUT2D eigenvalue weighted by molar-refractivity contribution is 7.10. The third-order valence-electron chi connectivity index (χ3n) is 4.27. The zero-order valence-corrected chi connectivity index (χ0v) is 15.0. The van der Waals surface area contributed by atoms with Crippen molar-refractivity contribution in [3.05, 3.63) is 55.8 Å². The minimum atomic E-state index is -0.572. The lowest BCUT2D eigenvalue weighted by Gasteiger charge is -2.27. The summed E-state index contributed by atoms with van der Waals surface area (Å²) >= 11 is 1.70. The van der Waals surface area contributed by atoms with Gasteiger partial charge in [0.2, 0.25) is 5.91 Å². The molecule has 2 aromatic rings. The van der Waals surface area contributed by atoms with Crippen LogP contribution in [0.4, 0.5) is 11.4 Å². The van der Waals surface area contributed by atoms with E-state index in [1.807, 2.05) is 11.4 Å². The quantitative estimate of drug-likeness (QED) is 0.615. The highest BCUT2D eigenvalue weighted by Crippen LogP contribution is 2.26. The molecule has 8 nitrogen and oxygen atoms in total. The number of carbonyl (C=O) groups excluding carboxylic acids is 2. The smallest absolute Gasteiger partial charge is 0.293 e. The maximum atomic E-state index is 12.4. The number of hydrogen-bond donors (Lipinski definition) is 2. The summed E-state index contributed by atoms with van der Waals surface area (Å²) < 4.78 is 0. The lowest BCUT2D eigenvalue weighted by molar-refractivity contribution is -0.384. The zero-order chi connectivity index (χ0) is 18.7. The van der Waals surface area contributed by atoms with Crippen LogP contribution >= 0.6 is 11.3 Å². The monoisotopic (exact) mass is 374 g/mol. The van der Waals surface area contributed by atoms with Gasteiger partial charge in [-0.2, -0.15) is 0 Å². The molecular formula is C17H18N4O4S. The van der Waals surface area contributed by atoms with Gasteiger partial charge in [-0.05, 0) is 35.6 Å². The number of rotatable bonds is 5. The molecule has 1 aromatic carbocycles. The van der Waals surface area contributed by atoms with E-state index in [4.69, 9.17) is 0 Å². The lowest BCUT2D eigenvalue weighted by atomic mass is 10.1. The van der Waals surface area contributed by atoms with Crippen molar-refractivity contribution in [1.29, 1.82) is 0 Å². The van der Waals surface area contributed by atoms with Crippen molar-refractivity contribution in [1.82, 2.24) is 10.2 Å². The van der Waals surface area contributed by atoms with E-state index in [9.17, 15) is 19.7 Å². The predicted molar refractivity (Wildman–Crippen MR) is 98.4 cm³/mol. The van der Waals surface area contributed by atoms with Crippen LogP contribution in [0.5, 0.6) is 0 Å². The van der Waals surface area contributed by atoms with Gasteiger partial charge in [-0.3, -0.25) is 19.7 Å². The SMILES string of the molecule is CNC(=O)c1ccc(NCC(=O)N2CCc3sccc3C2)c([N+](=O)[O-])c1. The molecule has 0 spiro atoms. The van der Waals surface area contributed by atoms with E-state index < -0.39 is 10.8 Å². The molecule has 0 radical (unpaired) electrons. The Balaban J connectivity index is 1.68. The number of anilines is 1. The van der Waals surface area contributed by atoms with Gasteiger partial charge in [-0.25, -0.2) is 0 Å². The molecule has 2 heterocycles. The zero-order valence-electron chi connectivity index (χ0n) is 14.2. The Labute approximate surface area is 154 Å². The second-order valence-corrected chi connectivity index (χ2v) is 6.86. The van der Waals surface area contributed by atoms with Crippen molar-refractivity contribution in [2.75, 3.05) is 25.5 Å². The Kier molecular flexibility index (Phi) is 5.17. The van der Waals surface area contributed by atoms with Gasteiger partial charge < -0.3 is 15.5 Å². The average molecular weight is 374 g/mol. The van der Waals surface area contributed by atoms with Crippen LogP contribution < -0.4 is 10.6 Å². The third kappa shape index (κ3) is 3.67. The molecule has 2 amide bonds. The van der Waals surface area contributed by atoms with Crippen LogP contribution in [0, 0.1) is 10.1 Å². The van der Waals surface area contributed by atoms with Crippen LogP contribution in [0.15, 0.2) is 29.6 Å². The van der Waals surface area contributed by atoms with Gasteiger partial charge in [0.05, 0.1) is 11.5 Å². The third-order valence-corrected chi connectivity index (χ3v) is 5.30. The number of benzene rings is 1. The Morgan fingerprint density at radius 2 is 2.15 bits per heavy atom. The normalized spacial score (nSPS) is 13.0. The number of hydrogen-bond acceptors (Lipinski definition) is 6. The summed E-state index contributed by atoms with van der Waals surface area (Å²) in [6, 6.07) is 6.15. The second kappa shape index (κ2) is 7.52. The summed E-state index contributed by atoms with van der Waals surface area (Å²) in [7, 11) is 1.45. The molecule has 0 bridgehead atoms. The van der Waals surface area contributed by atoms with Gasteiger partial charge >= 0.3 is 0 Å². The summed E-state index contributed by atoms with van der Waals surface area (Å²) in [6.07, 6.45) is 0.833. The van der Waals surface area contributed by atoms with Gasteiger partial charge in [0.1, 0.15) is 5.69 Å². The molecule has 1 aromatic heterocycles. The van der Waals surface area contributed by atoms with E-state index in [-0.39, 0.29) is 29.4 Å². The van der Waals surface area contributed by atoms with E-state index in [1.165, 1.54) is 30.1 Å². The fraction of sp³-hybridized carbons (Fsp3) is 0.294. The molecule has 0 fully saturated rings. The van der Waals surface area contributed by atoms with Crippen molar-refractivity contribution >= 4 is 34.5 Å². The van der Waals surface area contributed by atoms with Crippen LogP contribution in [0.1, 0.15) is 20.8 Å². The van der Waals surface area contributed by atoms with Crippen LogP contribution in [0.2, 0.25) is 0 Å². The highest BCUT2D eigenvalue weighted by atomic mass is 32.1. The Bertz CT molecular complexity index is 864. The summed E-state index contributed by atoms with van der Waals surface area (Å²) in [6.45, 7) is 1.17. The molecule has 0 saturated carbocycles. The summed E-state index contributed by atoms with van der Waals surface area (Å²) in [5, 5.41) is 18.6. The molecule has 0 atom stereocenters. The fourth-order valence-electron chi connectivity index (χ4n) is 2.86. The van der Waals surface area contributed by atoms with Gasteiger partial charge in [0, 0.05) is 36.6 Å². The molecular weight excluding hydrogens is 356 g/mol. The van der Waals surface area contributed by atoms with Crippen LogP contribution in [-0.4, -0.2) is 41.8 Å². The molecule has 0 saturated heterocycles. The molecule has 2 N–H and O–H groups in total. The molecule has 1 aliphatic rings. The van der Waals surface area contributed by atoms with Gasteiger partial charge in [0.15, 0.2) is 0 Å². The Hall–Kier alpha value is -2.94. The van der Waals surface area contributed by atoms with E-state index in [2.05, 4.69) is 10.6 Å². The molecule has 3 rings (SSSR count). The maximum absolute atomic E-state index is 12.4. The molecule has 9 heteroatoms. The van der Waals surface area contributed by atoms with E-state index in [1.54, 1.807) is 16.2 Å². The largest absolute Gasteiger partial charge is 0.371 e. The Morgan fingerprint density at radius 1 is 1.35 bits per heavy atom. The van der Waals surface area contributed by atoms with Gasteiger partial charge in [-0.1, -0.05) is 0 Å². The molecule has 0 aliphatic carbocycles. The van der Waals surface area contributed by atoms with Gasteiger partial charge in [0.25, 0.3) is 11.6 Å². The first-order valence-corrected chi connectivity index (χ1v) is 8.95. The molecule has 136 valence electrons. The predicted octanol–water partition coefficient (Wildman–Crippen LogP) is 2.01. The van der Waals surface area contributed by atoms with Crippen molar-refractivity contribution in [2.45, 2.75) is 13.0 Å². The summed E-state index contributed by atoms with van der Waals surface area (Å²) in [5.74, 6) is -0.526. The number of carbonyl (C=O) groups is 2. The fourth-order valence-corrected chi connectivity index (χ4v) is 3.75. The minimum absolute atomic E-state index is 0.0420. The summed E-state index contributed by atoms with van der Waals surface area (Å²) in [4.78, 5) is 37.8. The second-order valence-electron chi connectivity index (χ2n) is 5.86. The van der Waals surface area contributed by atoms with Crippen LogP contribution in [-0.2, 0) is 17.8 Å². The topological polar surface area (TPSA) is 105 Å². The lowest BCUT2D eigenvalue weighted by Crippen LogP contribution is -2.38. The first-order valence-electron chi connectivity index (χ1n) is 8.07. The minimum Gasteiger partial charge on any atom is -0.371 e. The van der Waals surface area contributed by atoms with Crippen molar-refractivity contribution in [2.24, 2.45) is 0 Å². The number of amides is 2. The average Bonchev–Trinajstić information content (AvgIpc) is 3.12. The number of thiophene rings is 1. The number of nitrogens with one attached hydrogen (secondary N) is 2. The number of fused-ring (bicyclic) bond motifs is 1. The first kappa shape index (κ1) is 17.9. The number of nitro groups is 1. The van der Waals surface area contributed by atoms with Crippen molar-refractivity contribution in [3.8, 4) is 0 Å². The van der Waals surface area contributed by atoms with Crippen LogP contribution in [0.25, 0.3) is 0 Å². The number of nitrogens with zero attached hydrogens (tertiary/aromatic N) is 2. The van der Waals surface area contributed by atoms with Crippen LogP contribution in [0.3, 0.4) is 0 Å². The molecule has 26 heavy (non-hydrogen) atoms. The molecule has 1 aliphatic heterocycles. The van der Waals surface area contributed by atoms with Crippen molar-refractivity contribution in [3.63, 3.8) is 0 Å². The first-order chi connectivity index (χ1) is 12.5. The maximum Gasteiger partial charge on any atom is 0.293 e.